The Morgan fingerprint density at radius 2 is 1.83 bits per heavy atom. The van der Waals surface area contributed by atoms with Crippen molar-refractivity contribution in [2.75, 3.05) is 12.5 Å². The number of allylic oxidation sites excluding steroid dienone is 1. The molecule has 124 valence electrons. The third-order valence-electron chi connectivity index (χ3n) is 4.38. The molecular formula is C20H22N2O2. The van der Waals surface area contributed by atoms with Gasteiger partial charge in [-0.05, 0) is 48.6 Å². The van der Waals surface area contributed by atoms with Crippen molar-refractivity contribution in [3.63, 3.8) is 0 Å². The summed E-state index contributed by atoms with van der Waals surface area (Å²) in [7, 11) is 1.66. The molecule has 0 aliphatic heterocycles. The second-order valence-electron chi connectivity index (χ2n) is 5.94. The van der Waals surface area contributed by atoms with Crippen LogP contribution in [0.1, 0.15) is 30.7 Å². The van der Waals surface area contributed by atoms with Gasteiger partial charge in [-0.2, -0.15) is 0 Å². The summed E-state index contributed by atoms with van der Waals surface area (Å²) in [6.45, 7) is 0. The zero-order valence-corrected chi connectivity index (χ0v) is 13.8. The van der Waals surface area contributed by atoms with Crippen molar-refractivity contribution in [1.29, 1.82) is 0 Å². The molecule has 1 saturated carbocycles. The molecule has 1 aliphatic carbocycles. The third-order valence-corrected chi connectivity index (χ3v) is 4.38. The van der Waals surface area contributed by atoms with E-state index in [1.165, 1.54) is 5.56 Å². The number of ether oxygens (including phenoxy) is 1. The van der Waals surface area contributed by atoms with Crippen LogP contribution < -0.4 is 15.6 Å². The summed E-state index contributed by atoms with van der Waals surface area (Å²) in [5.41, 5.74) is 9.12. The van der Waals surface area contributed by atoms with Gasteiger partial charge in [-0.3, -0.25) is 4.79 Å². The van der Waals surface area contributed by atoms with E-state index in [4.69, 9.17) is 4.74 Å². The highest BCUT2D eigenvalue weighted by molar-refractivity contribution is 5.96. The maximum atomic E-state index is 12.4. The first-order valence-corrected chi connectivity index (χ1v) is 8.19. The van der Waals surface area contributed by atoms with Crippen LogP contribution >= 0.6 is 0 Å². The first kappa shape index (κ1) is 16.1. The predicted octanol–water partition coefficient (Wildman–Crippen LogP) is 4.03. The molecule has 24 heavy (non-hydrogen) atoms. The Morgan fingerprint density at radius 3 is 2.50 bits per heavy atom. The molecule has 0 heterocycles. The first-order valence-electron chi connectivity index (χ1n) is 8.19. The number of carbonyl (C=O) groups is 1. The van der Waals surface area contributed by atoms with Crippen LogP contribution in [0.3, 0.4) is 0 Å². The lowest BCUT2D eigenvalue weighted by molar-refractivity contribution is -0.116. The van der Waals surface area contributed by atoms with Crippen LogP contribution in [0, 0.1) is 0 Å². The summed E-state index contributed by atoms with van der Waals surface area (Å²) in [4.78, 5) is 12.4. The van der Waals surface area contributed by atoms with Gasteiger partial charge in [0.1, 0.15) is 5.75 Å². The maximum absolute atomic E-state index is 12.4. The zero-order valence-electron chi connectivity index (χ0n) is 13.8. The van der Waals surface area contributed by atoms with Gasteiger partial charge in [-0.25, -0.2) is 0 Å². The number of ketones is 1. The molecule has 0 bridgehead atoms. The van der Waals surface area contributed by atoms with E-state index in [1.807, 2.05) is 42.5 Å². The number of benzene rings is 2. The van der Waals surface area contributed by atoms with E-state index in [-0.39, 0.29) is 5.78 Å². The monoisotopic (exact) mass is 322 g/mol. The fraction of sp³-hybridized carbons (Fsp3) is 0.250. The van der Waals surface area contributed by atoms with E-state index in [9.17, 15) is 4.79 Å². The van der Waals surface area contributed by atoms with Gasteiger partial charge in [-0.1, -0.05) is 30.3 Å². The van der Waals surface area contributed by atoms with Gasteiger partial charge in [0.05, 0.1) is 12.8 Å². The van der Waals surface area contributed by atoms with Crippen molar-refractivity contribution in [2.24, 2.45) is 0 Å². The molecule has 0 aromatic heterocycles. The molecule has 1 aliphatic rings. The lowest BCUT2D eigenvalue weighted by atomic mass is 9.81. The van der Waals surface area contributed by atoms with Gasteiger partial charge in [0, 0.05) is 18.2 Å². The van der Waals surface area contributed by atoms with Gasteiger partial charge >= 0.3 is 0 Å². The largest absolute Gasteiger partial charge is 0.497 e. The summed E-state index contributed by atoms with van der Waals surface area (Å²) in [5.74, 6) is 1.35. The standard InChI is InChI=1S/C20H22N2O2/c1-24-19-11-9-15(10-12-19)16-7-8-17(20(23)13-16)14-21-22-18-5-3-2-4-6-18/h2-6,9-12,14,16,21-22H,7-8,13H2,1H3/b17-14-. The molecular weight excluding hydrogens is 300 g/mol. The molecule has 0 amide bonds. The molecule has 2 aromatic carbocycles. The second-order valence-corrected chi connectivity index (χ2v) is 5.94. The minimum atomic E-state index is 0.212. The normalized spacial score (nSPS) is 19.1. The van der Waals surface area contributed by atoms with E-state index in [0.717, 1.165) is 29.9 Å². The Bertz CT molecular complexity index is 708. The lowest BCUT2D eigenvalue weighted by Gasteiger charge is -2.23. The molecule has 1 unspecified atom stereocenters. The highest BCUT2D eigenvalue weighted by Gasteiger charge is 2.24. The van der Waals surface area contributed by atoms with E-state index in [1.54, 1.807) is 13.3 Å². The van der Waals surface area contributed by atoms with Gasteiger partial charge in [-0.15, -0.1) is 0 Å². The van der Waals surface area contributed by atoms with Crippen LogP contribution in [0.25, 0.3) is 0 Å². The number of hydrogen-bond donors (Lipinski definition) is 2. The number of methoxy groups -OCH3 is 1. The number of hydrazine groups is 1. The van der Waals surface area contributed by atoms with Crippen LogP contribution in [0.15, 0.2) is 66.4 Å². The topological polar surface area (TPSA) is 50.4 Å². The van der Waals surface area contributed by atoms with Gasteiger partial charge in [0.15, 0.2) is 5.78 Å². The van der Waals surface area contributed by atoms with E-state index >= 15 is 0 Å². The molecule has 1 atom stereocenters. The van der Waals surface area contributed by atoms with E-state index in [2.05, 4.69) is 23.0 Å². The summed E-state index contributed by atoms with van der Waals surface area (Å²) in [5, 5.41) is 0. The Kier molecular flexibility index (Phi) is 5.16. The van der Waals surface area contributed by atoms with Crippen molar-refractivity contribution in [1.82, 2.24) is 5.43 Å². The molecule has 0 spiro atoms. The molecule has 4 nitrogen and oxygen atoms in total. The average Bonchev–Trinajstić information content (AvgIpc) is 2.64. The first-order chi connectivity index (χ1) is 11.8. The van der Waals surface area contributed by atoms with Crippen molar-refractivity contribution in [3.05, 3.63) is 71.9 Å². The predicted molar refractivity (Wildman–Crippen MR) is 95.9 cm³/mol. The van der Waals surface area contributed by atoms with E-state index in [0.29, 0.717) is 12.3 Å². The molecule has 2 aromatic rings. The highest BCUT2D eigenvalue weighted by Crippen LogP contribution is 2.33. The summed E-state index contributed by atoms with van der Waals surface area (Å²) >= 11 is 0. The molecule has 1 fully saturated rings. The van der Waals surface area contributed by atoms with Crippen molar-refractivity contribution < 1.29 is 9.53 Å². The van der Waals surface area contributed by atoms with Crippen LogP contribution in [0.4, 0.5) is 5.69 Å². The minimum Gasteiger partial charge on any atom is -0.497 e. The number of nitrogens with one attached hydrogen (secondary N) is 2. The number of Topliss-reactive ketones (excluding diaryl/α,β-unsaturated/α-hetero) is 1. The Labute approximate surface area is 142 Å². The lowest BCUT2D eigenvalue weighted by Crippen LogP contribution is -2.21. The quantitative estimate of drug-likeness (QED) is 0.644. The zero-order chi connectivity index (χ0) is 16.8. The molecule has 0 saturated heterocycles. The van der Waals surface area contributed by atoms with E-state index < -0.39 is 0 Å². The van der Waals surface area contributed by atoms with Crippen LogP contribution in [0.2, 0.25) is 0 Å². The molecule has 2 N–H and O–H groups in total. The van der Waals surface area contributed by atoms with Crippen LogP contribution in [0.5, 0.6) is 5.75 Å². The molecule has 3 rings (SSSR count). The van der Waals surface area contributed by atoms with Crippen molar-refractivity contribution in [3.8, 4) is 5.75 Å². The van der Waals surface area contributed by atoms with Crippen molar-refractivity contribution >= 4 is 11.5 Å². The fourth-order valence-corrected chi connectivity index (χ4v) is 2.97. The van der Waals surface area contributed by atoms with Gasteiger partial charge in [0.2, 0.25) is 0 Å². The Hall–Kier alpha value is -2.75. The number of hydrogen-bond acceptors (Lipinski definition) is 4. The maximum Gasteiger partial charge on any atom is 0.160 e. The molecule has 4 heteroatoms. The van der Waals surface area contributed by atoms with Crippen molar-refractivity contribution in [2.45, 2.75) is 25.2 Å². The number of para-hydroxylation sites is 1. The fourth-order valence-electron chi connectivity index (χ4n) is 2.97. The Balaban J connectivity index is 1.56. The Morgan fingerprint density at radius 1 is 1.08 bits per heavy atom. The smallest absolute Gasteiger partial charge is 0.160 e. The number of carbonyl (C=O) groups excluding carboxylic acids is 1. The number of rotatable bonds is 5. The highest BCUT2D eigenvalue weighted by atomic mass is 16.5. The minimum absolute atomic E-state index is 0.212. The van der Waals surface area contributed by atoms with Crippen LogP contribution in [-0.2, 0) is 4.79 Å². The van der Waals surface area contributed by atoms with Gasteiger partial charge in [0.25, 0.3) is 0 Å². The van der Waals surface area contributed by atoms with Gasteiger partial charge < -0.3 is 15.6 Å². The third kappa shape index (κ3) is 3.96. The summed E-state index contributed by atoms with van der Waals surface area (Å²) in [6, 6.07) is 17.8. The SMILES string of the molecule is COc1ccc(C2CC/C(=C/NNc3ccccc3)C(=O)C2)cc1. The second kappa shape index (κ2) is 7.68. The molecule has 0 radical (unpaired) electrons. The summed E-state index contributed by atoms with van der Waals surface area (Å²) in [6.07, 6.45) is 4.13. The average molecular weight is 322 g/mol. The number of anilines is 1. The van der Waals surface area contributed by atoms with Crippen LogP contribution in [-0.4, -0.2) is 12.9 Å². The summed E-state index contributed by atoms with van der Waals surface area (Å²) < 4.78 is 5.18.